The Bertz CT molecular complexity index is 1130. The van der Waals surface area contributed by atoms with Gasteiger partial charge in [0, 0.05) is 11.1 Å². The fourth-order valence-electron chi connectivity index (χ4n) is 2.77. The van der Waals surface area contributed by atoms with E-state index in [1.54, 1.807) is 0 Å². The average Bonchev–Trinajstić information content (AvgIpc) is 2.69. The normalized spacial score (nSPS) is 10.6. The van der Waals surface area contributed by atoms with Crippen molar-refractivity contribution >= 4 is 34.8 Å². The van der Waals surface area contributed by atoms with Gasteiger partial charge in [0.25, 0.3) is 17.5 Å². The van der Waals surface area contributed by atoms with Gasteiger partial charge in [-0.1, -0.05) is 23.7 Å². The third-order valence-corrected chi connectivity index (χ3v) is 4.37. The van der Waals surface area contributed by atoms with E-state index in [1.807, 2.05) is 0 Å². The van der Waals surface area contributed by atoms with Crippen molar-refractivity contribution < 1.29 is 32.1 Å². The summed E-state index contributed by atoms with van der Waals surface area (Å²) in [5.74, 6) is -9.01. The number of benzene rings is 3. The van der Waals surface area contributed by atoms with Gasteiger partial charge in [0.05, 0.1) is 4.92 Å². The molecule has 6 nitrogen and oxygen atoms in total. The third-order valence-electron chi connectivity index (χ3n) is 4.13. The summed E-state index contributed by atoms with van der Waals surface area (Å²) in [5.41, 5.74) is -4.22. The number of carbonyl (C=O) groups excluding carboxylic acids is 2. The Morgan fingerprint density at radius 3 is 1.61 bits per heavy atom. The molecule has 0 saturated heterocycles. The first kappa shape index (κ1) is 21.9. The van der Waals surface area contributed by atoms with Crippen molar-refractivity contribution in [2.75, 3.05) is 4.90 Å². The van der Waals surface area contributed by atoms with Gasteiger partial charge >= 0.3 is 0 Å². The standard InChI is InChI=1S/C20H9ClF4N2O4/c21-10-7-8-15(16(9-10)27(30)31)26(19(28)17-11(22)3-1-4-12(17)23)20(29)18-13(24)5-2-6-14(18)25/h1-9H. The zero-order valence-corrected chi connectivity index (χ0v) is 15.9. The highest BCUT2D eigenvalue weighted by atomic mass is 35.5. The highest BCUT2D eigenvalue weighted by Crippen LogP contribution is 2.34. The third kappa shape index (κ3) is 4.10. The van der Waals surface area contributed by atoms with Crippen molar-refractivity contribution in [1.29, 1.82) is 0 Å². The maximum atomic E-state index is 14.2. The number of nitrogens with zero attached hydrogens (tertiary/aromatic N) is 2. The van der Waals surface area contributed by atoms with Crippen molar-refractivity contribution in [2.45, 2.75) is 0 Å². The van der Waals surface area contributed by atoms with Crippen molar-refractivity contribution in [3.05, 3.63) is 104 Å². The average molecular weight is 453 g/mol. The van der Waals surface area contributed by atoms with E-state index in [0.717, 1.165) is 30.3 Å². The zero-order valence-electron chi connectivity index (χ0n) is 15.1. The van der Waals surface area contributed by atoms with Crippen LogP contribution in [-0.2, 0) is 0 Å². The minimum Gasteiger partial charge on any atom is -0.268 e. The first-order valence-electron chi connectivity index (χ1n) is 8.34. The van der Waals surface area contributed by atoms with Gasteiger partial charge in [-0.05, 0) is 36.4 Å². The summed E-state index contributed by atoms with van der Waals surface area (Å²) in [6.45, 7) is 0. The van der Waals surface area contributed by atoms with Crippen LogP contribution < -0.4 is 4.90 Å². The van der Waals surface area contributed by atoms with Gasteiger partial charge in [-0.25, -0.2) is 22.5 Å². The first-order chi connectivity index (χ1) is 14.6. The largest absolute Gasteiger partial charge is 0.294 e. The molecule has 3 aromatic carbocycles. The zero-order chi connectivity index (χ0) is 22.9. The number of nitro benzene ring substituents is 1. The molecule has 31 heavy (non-hydrogen) atoms. The van der Waals surface area contributed by atoms with Crippen LogP contribution in [0.25, 0.3) is 0 Å². The Balaban J connectivity index is 2.32. The van der Waals surface area contributed by atoms with Crippen LogP contribution in [0.2, 0.25) is 5.02 Å². The van der Waals surface area contributed by atoms with Crippen molar-refractivity contribution in [1.82, 2.24) is 0 Å². The van der Waals surface area contributed by atoms with Crippen LogP contribution in [0.5, 0.6) is 0 Å². The van der Waals surface area contributed by atoms with Crippen LogP contribution in [0, 0.1) is 33.4 Å². The van der Waals surface area contributed by atoms with Gasteiger partial charge in [-0.2, -0.15) is 0 Å². The van der Waals surface area contributed by atoms with Gasteiger partial charge in [0.15, 0.2) is 0 Å². The molecule has 0 spiro atoms. The van der Waals surface area contributed by atoms with Crippen LogP contribution in [0.4, 0.5) is 28.9 Å². The second kappa shape index (κ2) is 8.52. The Hall–Kier alpha value is -3.79. The number of nitro groups is 1. The molecular formula is C20H9ClF4N2O4. The lowest BCUT2D eigenvalue weighted by Gasteiger charge is -2.22. The number of carbonyl (C=O) groups is 2. The van der Waals surface area contributed by atoms with Crippen molar-refractivity contribution in [2.24, 2.45) is 0 Å². The fourth-order valence-corrected chi connectivity index (χ4v) is 2.94. The number of hydrogen-bond donors (Lipinski definition) is 0. The predicted octanol–water partition coefficient (Wildman–Crippen LogP) is 5.29. The molecule has 3 rings (SSSR count). The molecular weight excluding hydrogens is 444 g/mol. The minimum absolute atomic E-state index is 0.0720. The summed E-state index contributed by atoms with van der Waals surface area (Å²) in [6.07, 6.45) is 0. The van der Waals surface area contributed by atoms with E-state index < -0.39 is 62.5 Å². The lowest BCUT2D eigenvalue weighted by Crippen LogP contribution is -2.39. The molecule has 0 atom stereocenters. The molecule has 0 radical (unpaired) electrons. The molecule has 0 unspecified atom stereocenters. The molecule has 2 amide bonds. The fraction of sp³-hybridized carbons (Fsp3) is 0. The van der Waals surface area contributed by atoms with Gasteiger partial charge < -0.3 is 0 Å². The van der Waals surface area contributed by atoms with Gasteiger partial charge in [-0.15, -0.1) is 0 Å². The topological polar surface area (TPSA) is 80.5 Å². The highest BCUT2D eigenvalue weighted by molar-refractivity contribution is 6.31. The number of rotatable bonds is 4. The molecule has 0 saturated carbocycles. The summed E-state index contributed by atoms with van der Waals surface area (Å²) in [6, 6.07) is 7.36. The Morgan fingerprint density at radius 1 is 0.806 bits per heavy atom. The molecule has 0 fully saturated rings. The first-order valence-corrected chi connectivity index (χ1v) is 8.72. The second-order valence-corrected chi connectivity index (χ2v) is 6.47. The molecule has 0 bridgehead atoms. The molecule has 0 aliphatic rings. The summed E-state index contributed by atoms with van der Waals surface area (Å²) in [7, 11) is 0. The molecule has 0 aromatic heterocycles. The summed E-state index contributed by atoms with van der Waals surface area (Å²) < 4.78 is 56.9. The summed E-state index contributed by atoms with van der Waals surface area (Å²) in [4.78, 5) is 36.4. The van der Waals surface area contributed by atoms with Crippen molar-refractivity contribution in [3.8, 4) is 0 Å². The van der Waals surface area contributed by atoms with E-state index in [4.69, 9.17) is 11.6 Å². The maximum absolute atomic E-state index is 14.2. The summed E-state index contributed by atoms with van der Waals surface area (Å²) >= 11 is 5.73. The minimum atomic E-state index is -1.71. The molecule has 0 aliphatic carbocycles. The van der Waals surface area contributed by atoms with E-state index in [0.29, 0.717) is 24.3 Å². The van der Waals surface area contributed by atoms with Crippen LogP contribution >= 0.6 is 11.6 Å². The number of anilines is 1. The van der Waals surface area contributed by atoms with Crippen LogP contribution in [0.15, 0.2) is 54.6 Å². The Kier molecular flexibility index (Phi) is 6.02. The van der Waals surface area contributed by atoms with Crippen LogP contribution in [0.3, 0.4) is 0 Å². The quantitative estimate of drug-likeness (QED) is 0.233. The molecule has 0 heterocycles. The molecule has 11 heteroatoms. The number of imide groups is 1. The van der Waals surface area contributed by atoms with E-state index in [1.165, 1.54) is 0 Å². The number of amides is 2. The van der Waals surface area contributed by atoms with E-state index in [2.05, 4.69) is 0 Å². The van der Waals surface area contributed by atoms with Gasteiger partial charge in [-0.3, -0.25) is 19.7 Å². The molecule has 158 valence electrons. The van der Waals surface area contributed by atoms with Gasteiger partial charge in [0.2, 0.25) is 0 Å². The number of halogens is 5. The highest BCUT2D eigenvalue weighted by Gasteiger charge is 2.36. The van der Waals surface area contributed by atoms with E-state index in [-0.39, 0.29) is 9.92 Å². The Labute approximate surface area is 176 Å². The van der Waals surface area contributed by atoms with Crippen molar-refractivity contribution in [3.63, 3.8) is 0 Å². The Morgan fingerprint density at radius 2 is 1.23 bits per heavy atom. The molecule has 3 aromatic rings. The number of hydrogen-bond acceptors (Lipinski definition) is 4. The molecule has 0 N–H and O–H groups in total. The van der Waals surface area contributed by atoms with E-state index in [9.17, 15) is 37.3 Å². The SMILES string of the molecule is O=C(c1c(F)cccc1F)N(C(=O)c1c(F)cccc1F)c1ccc(Cl)cc1[N+](=O)[O-]. The second-order valence-electron chi connectivity index (χ2n) is 6.03. The van der Waals surface area contributed by atoms with Gasteiger partial charge in [0.1, 0.15) is 40.1 Å². The predicted molar refractivity (Wildman–Crippen MR) is 102 cm³/mol. The summed E-state index contributed by atoms with van der Waals surface area (Å²) in [5, 5.41) is 11.3. The van der Waals surface area contributed by atoms with E-state index >= 15 is 0 Å². The lowest BCUT2D eigenvalue weighted by atomic mass is 10.1. The maximum Gasteiger partial charge on any atom is 0.294 e. The molecule has 0 aliphatic heterocycles. The lowest BCUT2D eigenvalue weighted by molar-refractivity contribution is -0.384. The smallest absolute Gasteiger partial charge is 0.268 e. The monoisotopic (exact) mass is 452 g/mol. The van der Waals surface area contributed by atoms with Crippen LogP contribution in [-0.4, -0.2) is 16.7 Å². The van der Waals surface area contributed by atoms with Crippen LogP contribution in [0.1, 0.15) is 20.7 Å².